The van der Waals surface area contributed by atoms with Crippen molar-refractivity contribution in [1.82, 2.24) is 0 Å². The lowest BCUT2D eigenvalue weighted by molar-refractivity contribution is 0.0956. The molecule has 0 aliphatic carbocycles. The Morgan fingerprint density at radius 3 is 2.50 bits per heavy atom. The second kappa shape index (κ2) is 7.98. The van der Waals surface area contributed by atoms with E-state index in [1.807, 2.05) is 36.4 Å². The zero-order valence-corrected chi connectivity index (χ0v) is 16.3. The highest BCUT2D eigenvalue weighted by atomic mass is 79.9. The highest BCUT2D eigenvalue weighted by Gasteiger charge is 2.30. The van der Waals surface area contributed by atoms with E-state index in [2.05, 4.69) is 39.4 Å². The number of nitrogens with zero attached hydrogens (tertiary/aromatic N) is 1. The molecular weight excluding hydrogens is 416 g/mol. The number of fused-ring (bicyclic) bond motifs is 1. The first-order valence-corrected chi connectivity index (χ1v) is 8.99. The molecule has 1 unspecified atom stereocenters. The Morgan fingerprint density at radius 2 is 1.77 bits per heavy atom. The number of carbonyl (C=O) groups excluding carboxylic acids is 1. The average Bonchev–Trinajstić information content (AvgIpc) is 3.09. The number of nitrogens with one attached hydrogen (secondary N) is 1. The third-order valence-corrected chi connectivity index (χ3v) is 4.81. The van der Waals surface area contributed by atoms with Crippen LogP contribution in [-0.2, 0) is 0 Å². The second-order valence-electron chi connectivity index (χ2n) is 5.97. The monoisotopic (exact) mass is 432 g/mol. The van der Waals surface area contributed by atoms with Crippen LogP contribution in [0.4, 0.5) is 11.4 Å². The molecule has 0 radical (unpaired) electrons. The number of hydrogen-bond acceptors (Lipinski definition) is 3. The van der Waals surface area contributed by atoms with E-state index in [4.69, 9.17) is 4.42 Å². The zero-order valence-electron chi connectivity index (χ0n) is 13.9. The summed E-state index contributed by atoms with van der Waals surface area (Å²) in [6.45, 7) is 0.638. The fourth-order valence-electron chi connectivity index (χ4n) is 3.22. The van der Waals surface area contributed by atoms with Gasteiger partial charge in [0, 0.05) is 17.9 Å². The van der Waals surface area contributed by atoms with Crippen molar-refractivity contribution in [2.24, 2.45) is 0 Å². The van der Waals surface area contributed by atoms with Crippen molar-refractivity contribution >= 4 is 45.6 Å². The molecule has 1 amide bonds. The Morgan fingerprint density at radius 1 is 1.04 bits per heavy atom. The van der Waals surface area contributed by atoms with E-state index in [-0.39, 0.29) is 24.4 Å². The van der Waals surface area contributed by atoms with Crippen LogP contribution in [0.1, 0.15) is 28.6 Å². The Bertz CT molecular complexity index is 898. The fraction of sp³-hybridized carbons (Fsp3) is 0.150. The molecule has 0 saturated carbocycles. The van der Waals surface area contributed by atoms with Gasteiger partial charge in [-0.25, -0.2) is 0 Å². The molecule has 0 bridgehead atoms. The number of hydrogen-bond donors (Lipinski definition) is 1. The maximum Gasteiger partial charge on any atom is 0.294 e. The minimum absolute atomic E-state index is 0. The lowest BCUT2D eigenvalue weighted by Crippen LogP contribution is -2.37. The van der Waals surface area contributed by atoms with Gasteiger partial charge >= 0.3 is 0 Å². The molecule has 3 aromatic rings. The molecule has 1 aliphatic heterocycles. The Labute approximate surface area is 166 Å². The molecule has 4 nitrogen and oxygen atoms in total. The zero-order chi connectivity index (χ0) is 17.2. The van der Waals surface area contributed by atoms with Crippen molar-refractivity contribution in [2.75, 3.05) is 16.8 Å². The van der Waals surface area contributed by atoms with E-state index >= 15 is 0 Å². The van der Waals surface area contributed by atoms with Gasteiger partial charge in [0.25, 0.3) is 5.91 Å². The number of carbonyl (C=O) groups is 1. The summed E-state index contributed by atoms with van der Waals surface area (Å²) in [4.78, 5) is 14.6. The molecule has 2 aromatic carbocycles. The molecular formula is C20H18BrClN2O2. The van der Waals surface area contributed by atoms with Crippen LogP contribution in [0.2, 0.25) is 0 Å². The van der Waals surface area contributed by atoms with Gasteiger partial charge in [0.15, 0.2) is 10.4 Å². The summed E-state index contributed by atoms with van der Waals surface area (Å²) in [5.74, 6) is 0.229. The van der Waals surface area contributed by atoms with Gasteiger partial charge < -0.3 is 14.6 Å². The minimum Gasteiger partial charge on any atom is -0.444 e. The van der Waals surface area contributed by atoms with E-state index < -0.39 is 0 Å². The van der Waals surface area contributed by atoms with Gasteiger partial charge in [-0.2, -0.15) is 0 Å². The van der Waals surface area contributed by atoms with Crippen LogP contribution >= 0.6 is 28.3 Å². The molecule has 0 spiro atoms. The highest BCUT2D eigenvalue weighted by molar-refractivity contribution is 9.10. The Kier molecular flexibility index (Phi) is 5.69. The topological polar surface area (TPSA) is 45.5 Å². The van der Waals surface area contributed by atoms with E-state index in [0.717, 1.165) is 23.4 Å². The summed E-state index contributed by atoms with van der Waals surface area (Å²) in [6.07, 6.45) is 0.833. The Hall–Kier alpha value is -2.24. The van der Waals surface area contributed by atoms with Crippen LogP contribution in [0, 0.1) is 0 Å². The molecule has 0 fully saturated rings. The van der Waals surface area contributed by atoms with Crippen molar-refractivity contribution in [1.29, 1.82) is 0 Å². The Balaban J connectivity index is 0.00000196. The standard InChI is InChI=1S/C20H17BrN2O2.ClH/c21-19-11-10-18(25-19)20(24)23-13-12-16(15-8-4-5-9-17(15)23)22-14-6-2-1-3-7-14;/h1-11,16,22H,12-13H2;1H. The van der Waals surface area contributed by atoms with Crippen molar-refractivity contribution in [2.45, 2.75) is 12.5 Å². The number of furan rings is 1. The normalized spacial score (nSPS) is 15.7. The summed E-state index contributed by atoms with van der Waals surface area (Å²) in [6, 6.07) is 21.8. The van der Waals surface area contributed by atoms with Crippen LogP contribution < -0.4 is 10.2 Å². The molecule has 1 aliphatic rings. The number of amides is 1. The van der Waals surface area contributed by atoms with Crippen LogP contribution in [0.3, 0.4) is 0 Å². The van der Waals surface area contributed by atoms with E-state index in [9.17, 15) is 4.79 Å². The first-order chi connectivity index (χ1) is 12.2. The quantitative estimate of drug-likeness (QED) is 0.579. The fourth-order valence-corrected chi connectivity index (χ4v) is 3.53. The van der Waals surface area contributed by atoms with Crippen molar-refractivity contribution in [3.63, 3.8) is 0 Å². The third kappa shape index (κ3) is 3.64. The lowest BCUT2D eigenvalue weighted by atomic mass is 9.95. The van der Waals surface area contributed by atoms with Crippen LogP contribution in [-0.4, -0.2) is 12.5 Å². The predicted molar refractivity (Wildman–Crippen MR) is 109 cm³/mol. The summed E-state index contributed by atoms with van der Waals surface area (Å²) in [5, 5.41) is 3.57. The van der Waals surface area contributed by atoms with Crippen LogP contribution in [0.15, 0.2) is 75.8 Å². The van der Waals surface area contributed by atoms with E-state index in [0.29, 0.717) is 17.0 Å². The number of para-hydroxylation sites is 2. The summed E-state index contributed by atoms with van der Waals surface area (Å²) >= 11 is 3.26. The number of rotatable bonds is 3. The lowest BCUT2D eigenvalue weighted by Gasteiger charge is -2.34. The summed E-state index contributed by atoms with van der Waals surface area (Å²) < 4.78 is 6.01. The molecule has 1 N–H and O–H groups in total. The maximum atomic E-state index is 12.8. The number of benzene rings is 2. The predicted octanol–water partition coefficient (Wildman–Crippen LogP) is 5.67. The molecule has 1 aromatic heterocycles. The molecule has 0 saturated heterocycles. The first-order valence-electron chi connectivity index (χ1n) is 8.20. The van der Waals surface area contributed by atoms with Gasteiger partial charge in [-0.1, -0.05) is 36.4 Å². The van der Waals surface area contributed by atoms with Crippen molar-refractivity contribution < 1.29 is 9.21 Å². The SMILES string of the molecule is Cl.O=C(c1ccc(Br)o1)N1CCC(Nc2ccccc2)c2ccccc21. The van der Waals surface area contributed by atoms with E-state index in [1.165, 1.54) is 0 Å². The molecule has 26 heavy (non-hydrogen) atoms. The first kappa shape index (κ1) is 18.5. The molecule has 1 atom stereocenters. The smallest absolute Gasteiger partial charge is 0.294 e. The molecule has 2 heterocycles. The van der Waals surface area contributed by atoms with Gasteiger partial charge in [-0.3, -0.25) is 4.79 Å². The van der Waals surface area contributed by atoms with Crippen LogP contribution in [0.5, 0.6) is 0 Å². The van der Waals surface area contributed by atoms with Gasteiger partial charge in [0.05, 0.1) is 6.04 Å². The number of anilines is 2. The largest absolute Gasteiger partial charge is 0.444 e. The molecule has 6 heteroatoms. The molecule has 4 rings (SSSR count). The average molecular weight is 434 g/mol. The van der Waals surface area contributed by atoms with Crippen molar-refractivity contribution in [3.05, 3.63) is 82.7 Å². The molecule has 134 valence electrons. The van der Waals surface area contributed by atoms with Crippen LogP contribution in [0.25, 0.3) is 0 Å². The van der Waals surface area contributed by atoms with E-state index in [1.54, 1.807) is 17.0 Å². The number of halogens is 2. The van der Waals surface area contributed by atoms with Gasteiger partial charge in [-0.05, 0) is 58.2 Å². The third-order valence-electron chi connectivity index (χ3n) is 4.39. The van der Waals surface area contributed by atoms with Gasteiger partial charge in [0.1, 0.15) is 0 Å². The van der Waals surface area contributed by atoms with Gasteiger partial charge in [0.2, 0.25) is 0 Å². The minimum atomic E-state index is -0.115. The highest BCUT2D eigenvalue weighted by Crippen LogP contribution is 2.36. The summed E-state index contributed by atoms with van der Waals surface area (Å²) in [7, 11) is 0. The van der Waals surface area contributed by atoms with Crippen molar-refractivity contribution in [3.8, 4) is 0 Å². The van der Waals surface area contributed by atoms with Gasteiger partial charge in [-0.15, -0.1) is 12.4 Å². The summed E-state index contributed by atoms with van der Waals surface area (Å²) in [5.41, 5.74) is 3.13. The maximum absolute atomic E-state index is 12.8. The second-order valence-corrected chi connectivity index (χ2v) is 6.75.